The van der Waals surface area contributed by atoms with Crippen LogP contribution in [-0.4, -0.2) is 28.8 Å². The van der Waals surface area contributed by atoms with E-state index in [1.807, 2.05) is 0 Å². The third-order valence-electron chi connectivity index (χ3n) is 4.25. The van der Waals surface area contributed by atoms with Gasteiger partial charge in [0.25, 0.3) is 11.8 Å². The highest BCUT2D eigenvalue weighted by atomic mass is 19.1. The lowest BCUT2D eigenvalue weighted by molar-refractivity contribution is -0.132. The standard InChI is InChI=1S/C17H17FN2O3/c18-12-8-6-11(7-9-12)10-14-15(21)19-17(23)20(16(14)22)13-4-2-1-3-5-13/h6-10,13H,1-5H2,(H,19,21,23)/b14-10-. The molecule has 1 aromatic carbocycles. The summed E-state index contributed by atoms with van der Waals surface area (Å²) in [6.07, 6.45) is 5.93. The molecule has 1 aromatic rings. The van der Waals surface area contributed by atoms with Crippen molar-refractivity contribution in [1.29, 1.82) is 0 Å². The zero-order chi connectivity index (χ0) is 16.4. The quantitative estimate of drug-likeness (QED) is 0.674. The molecule has 1 saturated heterocycles. The lowest BCUT2D eigenvalue weighted by Crippen LogP contribution is -2.58. The molecule has 5 nitrogen and oxygen atoms in total. The number of hydrogen-bond acceptors (Lipinski definition) is 3. The van der Waals surface area contributed by atoms with E-state index < -0.39 is 23.7 Å². The van der Waals surface area contributed by atoms with Gasteiger partial charge in [-0.3, -0.25) is 19.8 Å². The summed E-state index contributed by atoms with van der Waals surface area (Å²) in [7, 11) is 0. The zero-order valence-electron chi connectivity index (χ0n) is 12.5. The molecule has 2 fully saturated rings. The molecule has 1 N–H and O–H groups in total. The Morgan fingerprint density at radius 2 is 1.70 bits per heavy atom. The molecule has 0 unspecified atom stereocenters. The van der Waals surface area contributed by atoms with Gasteiger partial charge in [-0.05, 0) is 36.6 Å². The molecule has 23 heavy (non-hydrogen) atoms. The number of nitrogens with zero attached hydrogens (tertiary/aromatic N) is 1. The monoisotopic (exact) mass is 316 g/mol. The first-order valence-corrected chi connectivity index (χ1v) is 7.72. The van der Waals surface area contributed by atoms with E-state index in [0.717, 1.165) is 37.0 Å². The predicted octanol–water partition coefficient (Wildman–Crippen LogP) is 2.62. The van der Waals surface area contributed by atoms with Gasteiger partial charge in [0.2, 0.25) is 0 Å². The summed E-state index contributed by atoms with van der Waals surface area (Å²) in [6.45, 7) is 0. The number of amides is 4. The molecule has 120 valence electrons. The minimum atomic E-state index is -0.712. The minimum Gasteiger partial charge on any atom is -0.273 e. The molecule has 0 spiro atoms. The van der Waals surface area contributed by atoms with E-state index in [2.05, 4.69) is 5.32 Å². The van der Waals surface area contributed by atoms with Gasteiger partial charge < -0.3 is 0 Å². The molecule has 3 rings (SSSR count). The second-order valence-electron chi connectivity index (χ2n) is 5.84. The third-order valence-corrected chi connectivity index (χ3v) is 4.25. The maximum atomic E-state index is 13.0. The summed E-state index contributed by atoms with van der Waals surface area (Å²) < 4.78 is 13.0. The van der Waals surface area contributed by atoms with Gasteiger partial charge in [0.15, 0.2) is 0 Å². The van der Waals surface area contributed by atoms with Crippen molar-refractivity contribution in [3.8, 4) is 0 Å². The van der Waals surface area contributed by atoms with Crippen LogP contribution in [0.5, 0.6) is 0 Å². The first-order valence-electron chi connectivity index (χ1n) is 7.72. The summed E-state index contributed by atoms with van der Waals surface area (Å²) >= 11 is 0. The molecule has 0 aromatic heterocycles. The molecule has 1 heterocycles. The van der Waals surface area contributed by atoms with Crippen LogP contribution in [0.25, 0.3) is 6.08 Å². The molecule has 0 bridgehead atoms. The highest BCUT2D eigenvalue weighted by molar-refractivity contribution is 6.31. The van der Waals surface area contributed by atoms with Crippen LogP contribution in [0.3, 0.4) is 0 Å². The fourth-order valence-corrected chi connectivity index (χ4v) is 3.07. The molecular weight excluding hydrogens is 299 g/mol. The number of carbonyl (C=O) groups excluding carboxylic acids is 3. The summed E-state index contributed by atoms with van der Waals surface area (Å²) in [5.41, 5.74) is 0.435. The van der Waals surface area contributed by atoms with Crippen LogP contribution in [0.15, 0.2) is 29.8 Å². The van der Waals surface area contributed by atoms with Crippen LogP contribution in [0.4, 0.5) is 9.18 Å². The van der Waals surface area contributed by atoms with E-state index in [1.54, 1.807) is 0 Å². The Bertz CT molecular complexity index is 676. The SMILES string of the molecule is O=C1NC(=O)N(C2CCCCC2)C(=O)/C1=C\c1ccc(F)cc1. The van der Waals surface area contributed by atoms with Gasteiger partial charge >= 0.3 is 6.03 Å². The van der Waals surface area contributed by atoms with E-state index in [1.165, 1.54) is 30.3 Å². The normalized spacial score (nSPS) is 21.7. The number of rotatable bonds is 2. The van der Waals surface area contributed by atoms with Crippen molar-refractivity contribution in [1.82, 2.24) is 10.2 Å². The largest absolute Gasteiger partial charge is 0.331 e. The van der Waals surface area contributed by atoms with Crippen molar-refractivity contribution in [3.05, 3.63) is 41.2 Å². The van der Waals surface area contributed by atoms with Crippen LogP contribution in [0.2, 0.25) is 0 Å². The van der Waals surface area contributed by atoms with E-state index in [0.29, 0.717) is 5.56 Å². The second kappa shape index (κ2) is 6.32. The number of nitrogens with one attached hydrogen (secondary N) is 1. The average molecular weight is 316 g/mol. The number of barbiturate groups is 1. The van der Waals surface area contributed by atoms with Crippen molar-refractivity contribution >= 4 is 23.9 Å². The first-order chi connectivity index (χ1) is 11.1. The van der Waals surface area contributed by atoms with Crippen LogP contribution >= 0.6 is 0 Å². The molecule has 4 amide bonds. The summed E-state index contributed by atoms with van der Waals surface area (Å²) in [6, 6.07) is 4.64. The molecule has 0 atom stereocenters. The van der Waals surface area contributed by atoms with Gasteiger partial charge in [0.05, 0.1) is 0 Å². The zero-order valence-corrected chi connectivity index (χ0v) is 12.5. The topological polar surface area (TPSA) is 66.5 Å². The number of hydrogen-bond donors (Lipinski definition) is 1. The summed E-state index contributed by atoms with van der Waals surface area (Å²) in [5, 5.41) is 2.22. The molecule has 1 aliphatic heterocycles. The van der Waals surface area contributed by atoms with Crippen LogP contribution < -0.4 is 5.32 Å². The number of halogens is 1. The number of carbonyl (C=O) groups is 3. The molecule has 1 saturated carbocycles. The molecule has 1 aliphatic carbocycles. The Morgan fingerprint density at radius 3 is 2.35 bits per heavy atom. The lowest BCUT2D eigenvalue weighted by atomic mass is 9.93. The van der Waals surface area contributed by atoms with Gasteiger partial charge in [0.1, 0.15) is 11.4 Å². The van der Waals surface area contributed by atoms with Crippen LogP contribution in [0.1, 0.15) is 37.7 Å². The Hall–Kier alpha value is -2.50. The molecular formula is C17H17FN2O3. The Kier molecular flexibility index (Phi) is 4.23. The summed E-state index contributed by atoms with van der Waals surface area (Å²) in [4.78, 5) is 37.8. The Morgan fingerprint density at radius 1 is 1.04 bits per heavy atom. The average Bonchev–Trinajstić information content (AvgIpc) is 2.54. The second-order valence-corrected chi connectivity index (χ2v) is 5.84. The first kappa shape index (κ1) is 15.4. The van der Waals surface area contributed by atoms with E-state index >= 15 is 0 Å². The highest BCUT2D eigenvalue weighted by Crippen LogP contribution is 2.26. The number of urea groups is 1. The highest BCUT2D eigenvalue weighted by Gasteiger charge is 2.40. The van der Waals surface area contributed by atoms with Gasteiger partial charge in [-0.25, -0.2) is 9.18 Å². The maximum absolute atomic E-state index is 13.0. The van der Waals surface area contributed by atoms with E-state index in [9.17, 15) is 18.8 Å². The fourth-order valence-electron chi connectivity index (χ4n) is 3.07. The Balaban J connectivity index is 1.90. The predicted molar refractivity (Wildman–Crippen MR) is 81.6 cm³/mol. The van der Waals surface area contributed by atoms with Gasteiger partial charge in [0, 0.05) is 6.04 Å². The van der Waals surface area contributed by atoms with Crippen molar-refractivity contribution in [2.24, 2.45) is 0 Å². The fraction of sp³-hybridized carbons (Fsp3) is 0.353. The molecule has 0 radical (unpaired) electrons. The third kappa shape index (κ3) is 3.16. The summed E-state index contributed by atoms with van der Waals surface area (Å²) in [5.74, 6) is -1.68. The van der Waals surface area contributed by atoms with Gasteiger partial charge in [-0.1, -0.05) is 31.4 Å². The van der Waals surface area contributed by atoms with Crippen LogP contribution in [0, 0.1) is 5.82 Å². The smallest absolute Gasteiger partial charge is 0.273 e. The van der Waals surface area contributed by atoms with E-state index in [-0.39, 0.29) is 11.6 Å². The van der Waals surface area contributed by atoms with Crippen molar-refractivity contribution in [2.75, 3.05) is 0 Å². The minimum absolute atomic E-state index is 0.0956. The van der Waals surface area contributed by atoms with Gasteiger partial charge in [-0.15, -0.1) is 0 Å². The van der Waals surface area contributed by atoms with Crippen molar-refractivity contribution in [2.45, 2.75) is 38.1 Å². The Labute approximate surface area is 133 Å². The number of benzene rings is 1. The lowest BCUT2D eigenvalue weighted by Gasteiger charge is -2.35. The molecule has 2 aliphatic rings. The van der Waals surface area contributed by atoms with Crippen LogP contribution in [-0.2, 0) is 9.59 Å². The van der Waals surface area contributed by atoms with Crippen molar-refractivity contribution < 1.29 is 18.8 Å². The van der Waals surface area contributed by atoms with Gasteiger partial charge in [-0.2, -0.15) is 0 Å². The van der Waals surface area contributed by atoms with E-state index in [4.69, 9.17) is 0 Å². The van der Waals surface area contributed by atoms with Crippen molar-refractivity contribution in [3.63, 3.8) is 0 Å². The molecule has 6 heteroatoms. The number of imide groups is 2. The maximum Gasteiger partial charge on any atom is 0.331 e.